The molecule has 0 atom stereocenters. The number of nitrogens with one attached hydrogen (secondary N) is 1. The second kappa shape index (κ2) is 8.10. The maximum Gasteiger partial charge on any atom is 0.344 e. The summed E-state index contributed by atoms with van der Waals surface area (Å²) in [5.74, 6) is -0.422. The van der Waals surface area contributed by atoms with Gasteiger partial charge in [-0.1, -0.05) is 12.1 Å². The zero-order chi connectivity index (χ0) is 14.1. The van der Waals surface area contributed by atoms with Crippen LogP contribution in [0.4, 0.5) is 0 Å². The van der Waals surface area contributed by atoms with Crippen molar-refractivity contribution in [1.82, 2.24) is 5.32 Å². The van der Waals surface area contributed by atoms with E-state index >= 15 is 0 Å². The van der Waals surface area contributed by atoms with Crippen molar-refractivity contribution in [2.45, 2.75) is 6.92 Å². The molecule has 0 fully saturated rings. The van der Waals surface area contributed by atoms with Crippen molar-refractivity contribution in [3.63, 3.8) is 0 Å². The molecule has 0 aliphatic rings. The molecule has 19 heavy (non-hydrogen) atoms. The highest BCUT2D eigenvalue weighted by atomic mass is 16.6. The van der Waals surface area contributed by atoms with E-state index in [2.05, 4.69) is 5.32 Å². The third-order valence-electron chi connectivity index (χ3n) is 2.21. The van der Waals surface area contributed by atoms with E-state index in [-0.39, 0.29) is 12.5 Å². The number of carbonyl (C=O) groups excluding carboxylic acids is 2. The number of esters is 1. The Kier molecular flexibility index (Phi) is 6.38. The lowest BCUT2D eigenvalue weighted by molar-refractivity contribution is -0.145. The third-order valence-corrected chi connectivity index (χ3v) is 2.21. The topological polar surface area (TPSA) is 90.6 Å². The number of hydrogen-bond donors (Lipinski definition) is 2. The smallest absolute Gasteiger partial charge is 0.344 e. The molecular weight excluding hydrogens is 248 g/mol. The average Bonchev–Trinajstić information content (AvgIpc) is 2.43. The molecule has 0 aliphatic heterocycles. The molecule has 0 aromatic heterocycles. The van der Waals surface area contributed by atoms with E-state index in [1.807, 2.05) is 0 Å². The van der Waals surface area contributed by atoms with Gasteiger partial charge in [-0.05, 0) is 19.1 Å². The van der Waals surface area contributed by atoms with E-state index in [0.29, 0.717) is 31.0 Å². The Hall–Kier alpha value is -2.08. The van der Waals surface area contributed by atoms with Gasteiger partial charge in [0, 0.05) is 13.1 Å². The Morgan fingerprint density at radius 2 is 2.05 bits per heavy atom. The Labute approximate surface area is 111 Å². The number of amides is 1. The largest absolute Gasteiger partial charge is 0.481 e. The van der Waals surface area contributed by atoms with Crippen molar-refractivity contribution in [1.29, 1.82) is 0 Å². The average molecular weight is 266 g/mol. The van der Waals surface area contributed by atoms with Crippen LogP contribution in [0.25, 0.3) is 0 Å². The van der Waals surface area contributed by atoms with Gasteiger partial charge in [0.25, 0.3) is 5.91 Å². The van der Waals surface area contributed by atoms with E-state index in [1.54, 1.807) is 31.2 Å². The zero-order valence-corrected chi connectivity index (χ0v) is 10.8. The molecule has 0 radical (unpaired) electrons. The molecule has 0 bridgehead atoms. The fourth-order valence-corrected chi connectivity index (χ4v) is 1.40. The van der Waals surface area contributed by atoms with Gasteiger partial charge in [-0.25, -0.2) is 4.79 Å². The maximum atomic E-state index is 11.8. The van der Waals surface area contributed by atoms with Gasteiger partial charge in [0.15, 0.2) is 6.61 Å². The molecule has 0 saturated heterocycles. The highest BCUT2D eigenvalue weighted by Gasteiger charge is 2.12. The Balaban J connectivity index is 2.67. The van der Waals surface area contributed by atoms with Crippen molar-refractivity contribution in [2.24, 2.45) is 5.73 Å². The molecule has 0 aliphatic carbocycles. The monoisotopic (exact) mass is 266 g/mol. The van der Waals surface area contributed by atoms with Gasteiger partial charge in [-0.2, -0.15) is 0 Å². The van der Waals surface area contributed by atoms with Crippen LogP contribution in [-0.2, 0) is 9.53 Å². The first kappa shape index (κ1) is 15.0. The predicted octanol–water partition coefficient (Wildman–Crippen LogP) is 0.317. The van der Waals surface area contributed by atoms with Crippen LogP contribution in [0.1, 0.15) is 17.3 Å². The fraction of sp³-hybridized carbons (Fsp3) is 0.385. The van der Waals surface area contributed by atoms with E-state index in [0.717, 1.165) is 0 Å². The molecule has 1 amide bonds. The van der Waals surface area contributed by atoms with Crippen molar-refractivity contribution < 1.29 is 19.1 Å². The molecule has 0 unspecified atom stereocenters. The Morgan fingerprint density at radius 1 is 1.32 bits per heavy atom. The lowest BCUT2D eigenvalue weighted by Crippen LogP contribution is -2.29. The minimum atomic E-state index is -0.473. The number of ether oxygens (including phenoxy) is 2. The highest BCUT2D eigenvalue weighted by molar-refractivity contribution is 5.97. The van der Waals surface area contributed by atoms with Crippen LogP contribution in [0, 0.1) is 0 Å². The predicted molar refractivity (Wildman–Crippen MR) is 70.0 cm³/mol. The Morgan fingerprint density at radius 3 is 2.74 bits per heavy atom. The van der Waals surface area contributed by atoms with Crippen LogP contribution in [0.15, 0.2) is 24.3 Å². The molecule has 6 nitrogen and oxygen atoms in total. The first-order valence-electron chi connectivity index (χ1n) is 6.04. The van der Waals surface area contributed by atoms with Crippen LogP contribution in [0.3, 0.4) is 0 Å². The normalized spacial score (nSPS) is 9.79. The number of carbonyl (C=O) groups is 2. The minimum absolute atomic E-state index is 0.227. The van der Waals surface area contributed by atoms with E-state index in [9.17, 15) is 9.59 Å². The van der Waals surface area contributed by atoms with Gasteiger partial charge in [-0.15, -0.1) is 0 Å². The van der Waals surface area contributed by atoms with Crippen LogP contribution in [0.5, 0.6) is 5.75 Å². The lowest BCUT2D eigenvalue weighted by atomic mass is 10.2. The van der Waals surface area contributed by atoms with Gasteiger partial charge in [0.2, 0.25) is 0 Å². The molecular formula is C13H18N2O4. The van der Waals surface area contributed by atoms with E-state index in [1.165, 1.54) is 0 Å². The summed E-state index contributed by atoms with van der Waals surface area (Å²) < 4.78 is 10.0. The summed E-state index contributed by atoms with van der Waals surface area (Å²) in [5, 5.41) is 2.64. The molecule has 1 rings (SSSR count). The zero-order valence-electron chi connectivity index (χ0n) is 10.8. The van der Waals surface area contributed by atoms with Crippen LogP contribution < -0.4 is 15.8 Å². The molecule has 1 aromatic carbocycles. The SMILES string of the molecule is CCOC(=O)COc1ccccc1C(=O)NCCN. The summed E-state index contributed by atoms with van der Waals surface area (Å²) >= 11 is 0. The first-order chi connectivity index (χ1) is 9.19. The van der Waals surface area contributed by atoms with Crippen LogP contribution in [-0.4, -0.2) is 38.2 Å². The second-order valence-corrected chi connectivity index (χ2v) is 3.63. The minimum Gasteiger partial charge on any atom is -0.481 e. The Bertz CT molecular complexity index is 434. The summed E-state index contributed by atoms with van der Waals surface area (Å²) in [6.07, 6.45) is 0. The molecule has 0 spiro atoms. The standard InChI is InChI=1S/C13H18N2O4/c1-2-18-12(16)9-19-11-6-4-3-5-10(11)13(17)15-8-7-14/h3-6H,2,7-9,14H2,1H3,(H,15,17). The van der Waals surface area contributed by atoms with Crippen molar-refractivity contribution in [3.05, 3.63) is 29.8 Å². The van der Waals surface area contributed by atoms with Gasteiger partial charge in [0.1, 0.15) is 5.75 Å². The molecule has 0 heterocycles. The first-order valence-corrected chi connectivity index (χ1v) is 6.04. The second-order valence-electron chi connectivity index (χ2n) is 3.63. The summed E-state index contributed by atoms with van der Waals surface area (Å²) in [4.78, 5) is 23.0. The molecule has 3 N–H and O–H groups in total. The number of hydrogen-bond acceptors (Lipinski definition) is 5. The fourth-order valence-electron chi connectivity index (χ4n) is 1.40. The molecule has 0 saturated carbocycles. The summed E-state index contributed by atoms with van der Waals surface area (Å²) in [6.45, 7) is 2.52. The highest BCUT2D eigenvalue weighted by Crippen LogP contribution is 2.17. The van der Waals surface area contributed by atoms with Crippen molar-refractivity contribution in [3.8, 4) is 5.75 Å². The van der Waals surface area contributed by atoms with Crippen molar-refractivity contribution in [2.75, 3.05) is 26.3 Å². The maximum absolute atomic E-state index is 11.8. The summed E-state index contributed by atoms with van der Waals surface area (Å²) in [5.41, 5.74) is 5.68. The van der Waals surface area contributed by atoms with Gasteiger partial charge < -0.3 is 20.5 Å². The number of nitrogens with two attached hydrogens (primary N) is 1. The van der Waals surface area contributed by atoms with Gasteiger partial charge in [0.05, 0.1) is 12.2 Å². The molecule has 1 aromatic rings. The van der Waals surface area contributed by atoms with Gasteiger partial charge >= 0.3 is 5.97 Å². The number of benzene rings is 1. The lowest BCUT2D eigenvalue weighted by Gasteiger charge is -2.10. The number of para-hydroxylation sites is 1. The molecule has 104 valence electrons. The molecule has 6 heteroatoms. The van der Waals surface area contributed by atoms with E-state index < -0.39 is 5.97 Å². The number of rotatable bonds is 7. The van der Waals surface area contributed by atoms with Gasteiger partial charge in [-0.3, -0.25) is 4.79 Å². The van der Waals surface area contributed by atoms with E-state index in [4.69, 9.17) is 15.2 Å². The van der Waals surface area contributed by atoms with Crippen LogP contribution >= 0.6 is 0 Å². The summed E-state index contributed by atoms with van der Waals surface area (Å²) in [7, 11) is 0. The quantitative estimate of drug-likeness (QED) is 0.693. The van der Waals surface area contributed by atoms with Crippen LogP contribution in [0.2, 0.25) is 0 Å². The van der Waals surface area contributed by atoms with Crippen molar-refractivity contribution >= 4 is 11.9 Å². The summed E-state index contributed by atoms with van der Waals surface area (Å²) in [6, 6.07) is 6.68. The third kappa shape index (κ3) is 4.97.